The highest BCUT2D eigenvalue weighted by Crippen LogP contribution is 2.29. The SMILES string of the molecule is CCCCCCCCCCCc1n(CCCC)cc[n+]1CC(C)(Cc1ccccc1)c1ccccc1. The number of benzene rings is 2. The Kier molecular flexibility index (Phi) is 12.3. The van der Waals surface area contributed by atoms with Crippen molar-refractivity contribution in [2.24, 2.45) is 0 Å². The zero-order valence-corrected chi connectivity index (χ0v) is 23.4. The van der Waals surface area contributed by atoms with E-state index in [0.29, 0.717) is 0 Å². The van der Waals surface area contributed by atoms with Gasteiger partial charge < -0.3 is 0 Å². The number of rotatable bonds is 18. The quantitative estimate of drug-likeness (QED) is 0.125. The van der Waals surface area contributed by atoms with E-state index in [0.717, 1.165) is 19.5 Å². The molecule has 196 valence electrons. The molecule has 1 unspecified atom stereocenters. The van der Waals surface area contributed by atoms with Crippen LogP contribution < -0.4 is 4.57 Å². The van der Waals surface area contributed by atoms with Crippen molar-refractivity contribution in [1.82, 2.24) is 4.57 Å². The molecule has 1 atom stereocenters. The topological polar surface area (TPSA) is 8.81 Å². The Bertz CT molecular complexity index is 959. The molecule has 0 amide bonds. The Balaban J connectivity index is 1.70. The van der Waals surface area contributed by atoms with Crippen LogP contribution in [0.4, 0.5) is 0 Å². The van der Waals surface area contributed by atoms with Crippen molar-refractivity contribution in [3.05, 3.63) is 90.0 Å². The minimum Gasteiger partial charge on any atom is -0.234 e. The van der Waals surface area contributed by atoms with Gasteiger partial charge in [0.15, 0.2) is 0 Å². The lowest BCUT2D eigenvalue weighted by Gasteiger charge is -2.29. The smallest absolute Gasteiger partial charge is 0.234 e. The number of aromatic nitrogens is 2. The van der Waals surface area contributed by atoms with E-state index >= 15 is 0 Å². The first-order chi connectivity index (χ1) is 17.7. The van der Waals surface area contributed by atoms with Crippen LogP contribution in [-0.2, 0) is 31.3 Å². The number of unbranched alkanes of at least 4 members (excludes halogenated alkanes) is 9. The van der Waals surface area contributed by atoms with E-state index < -0.39 is 0 Å². The van der Waals surface area contributed by atoms with Gasteiger partial charge in [-0.25, -0.2) is 9.13 Å². The standard InChI is InChI=1S/C34H51N2/c1-4-6-8-9-10-11-12-13-20-25-33-35(26-7-5-2)27-28-36(33)30-34(3,32-23-18-15-19-24-32)29-31-21-16-14-17-22-31/h14-19,21-24,27-28H,4-13,20,25-26,29-30H2,1-3H3/q+1. The van der Waals surface area contributed by atoms with Gasteiger partial charge in [0.1, 0.15) is 12.4 Å². The molecular formula is C34H51N2+. The highest BCUT2D eigenvalue weighted by molar-refractivity contribution is 5.28. The number of hydrogen-bond donors (Lipinski definition) is 0. The molecule has 2 nitrogen and oxygen atoms in total. The summed E-state index contributed by atoms with van der Waals surface area (Å²) in [7, 11) is 0. The summed E-state index contributed by atoms with van der Waals surface area (Å²) in [6.07, 6.45) is 21.9. The molecule has 0 bridgehead atoms. The van der Waals surface area contributed by atoms with E-state index in [4.69, 9.17) is 0 Å². The first-order valence-electron chi connectivity index (χ1n) is 14.8. The lowest BCUT2D eigenvalue weighted by Crippen LogP contribution is -2.47. The fourth-order valence-corrected chi connectivity index (χ4v) is 5.57. The van der Waals surface area contributed by atoms with Crippen molar-refractivity contribution in [3.63, 3.8) is 0 Å². The van der Waals surface area contributed by atoms with E-state index in [9.17, 15) is 0 Å². The van der Waals surface area contributed by atoms with Gasteiger partial charge in [0, 0.05) is 11.8 Å². The molecule has 1 aromatic heterocycles. The number of hydrogen-bond acceptors (Lipinski definition) is 0. The predicted molar refractivity (Wildman–Crippen MR) is 154 cm³/mol. The van der Waals surface area contributed by atoms with Crippen LogP contribution in [0, 0.1) is 0 Å². The summed E-state index contributed by atoms with van der Waals surface area (Å²) in [6, 6.07) is 22.2. The Labute approximate surface area is 221 Å². The second-order valence-corrected chi connectivity index (χ2v) is 11.1. The molecule has 0 fully saturated rings. The molecule has 0 saturated carbocycles. The average Bonchev–Trinajstić information content (AvgIpc) is 3.28. The summed E-state index contributed by atoms with van der Waals surface area (Å²) in [5, 5.41) is 0. The van der Waals surface area contributed by atoms with E-state index in [1.54, 1.807) is 0 Å². The lowest BCUT2D eigenvalue weighted by atomic mass is 9.77. The third-order valence-corrected chi connectivity index (χ3v) is 7.77. The van der Waals surface area contributed by atoms with Crippen molar-refractivity contribution >= 4 is 0 Å². The second kappa shape index (κ2) is 15.7. The van der Waals surface area contributed by atoms with Gasteiger partial charge in [0.25, 0.3) is 5.82 Å². The molecular weight excluding hydrogens is 436 g/mol. The van der Waals surface area contributed by atoms with Crippen LogP contribution in [0.5, 0.6) is 0 Å². The third kappa shape index (κ3) is 8.95. The minimum atomic E-state index is 0.0391. The Hall–Kier alpha value is -2.35. The minimum absolute atomic E-state index is 0.0391. The average molecular weight is 488 g/mol. The lowest BCUT2D eigenvalue weighted by molar-refractivity contribution is -0.711. The van der Waals surface area contributed by atoms with Gasteiger partial charge in [0.05, 0.1) is 13.1 Å². The first-order valence-corrected chi connectivity index (χ1v) is 14.8. The molecule has 0 aliphatic rings. The van der Waals surface area contributed by atoms with Crippen molar-refractivity contribution in [3.8, 4) is 0 Å². The predicted octanol–water partition coefficient (Wildman–Crippen LogP) is 8.85. The normalized spacial score (nSPS) is 13.1. The van der Waals surface area contributed by atoms with Gasteiger partial charge in [-0.05, 0) is 30.4 Å². The highest BCUT2D eigenvalue weighted by Gasteiger charge is 2.32. The monoisotopic (exact) mass is 487 g/mol. The number of imidazole rings is 1. The summed E-state index contributed by atoms with van der Waals surface area (Å²) < 4.78 is 5.12. The Morgan fingerprint density at radius 1 is 0.694 bits per heavy atom. The molecule has 0 aliphatic carbocycles. The molecule has 0 saturated heterocycles. The summed E-state index contributed by atoms with van der Waals surface area (Å²) in [5.74, 6) is 1.52. The van der Waals surface area contributed by atoms with Crippen LogP contribution in [0.2, 0.25) is 0 Å². The molecule has 0 aliphatic heterocycles. The van der Waals surface area contributed by atoms with Crippen molar-refractivity contribution in [2.75, 3.05) is 0 Å². The Morgan fingerprint density at radius 3 is 1.92 bits per heavy atom. The molecule has 2 aromatic carbocycles. The van der Waals surface area contributed by atoms with Crippen LogP contribution in [-0.4, -0.2) is 4.57 Å². The zero-order valence-electron chi connectivity index (χ0n) is 23.4. The molecule has 0 radical (unpaired) electrons. The maximum atomic E-state index is 2.58. The van der Waals surface area contributed by atoms with Gasteiger partial charge in [0.2, 0.25) is 0 Å². The van der Waals surface area contributed by atoms with Crippen molar-refractivity contribution in [2.45, 2.75) is 123 Å². The van der Waals surface area contributed by atoms with E-state index in [-0.39, 0.29) is 5.41 Å². The first kappa shape index (κ1) is 28.2. The van der Waals surface area contributed by atoms with Crippen molar-refractivity contribution < 1.29 is 4.57 Å². The van der Waals surface area contributed by atoms with Gasteiger partial charge in [-0.15, -0.1) is 0 Å². The second-order valence-electron chi connectivity index (χ2n) is 11.1. The van der Waals surface area contributed by atoms with Gasteiger partial charge in [-0.1, -0.05) is 139 Å². The maximum absolute atomic E-state index is 2.58. The third-order valence-electron chi connectivity index (χ3n) is 7.77. The summed E-state index contributed by atoms with van der Waals surface area (Å²) in [5.41, 5.74) is 2.88. The fraction of sp³-hybridized carbons (Fsp3) is 0.559. The molecule has 36 heavy (non-hydrogen) atoms. The van der Waals surface area contributed by atoms with Gasteiger partial charge in [-0.2, -0.15) is 0 Å². The van der Waals surface area contributed by atoms with Crippen LogP contribution in [0.15, 0.2) is 73.1 Å². The Morgan fingerprint density at radius 2 is 1.28 bits per heavy atom. The molecule has 3 rings (SSSR count). The van der Waals surface area contributed by atoms with Crippen LogP contribution >= 0.6 is 0 Å². The fourth-order valence-electron chi connectivity index (χ4n) is 5.57. The van der Waals surface area contributed by atoms with E-state index in [1.807, 2.05) is 0 Å². The molecule has 0 N–H and O–H groups in total. The molecule has 0 spiro atoms. The summed E-state index contributed by atoms with van der Waals surface area (Å²) in [6.45, 7) is 9.19. The van der Waals surface area contributed by atoms with Crippen molar-refractivity contribution in [1.29, 1.82) is 0 Å². The van der Waals surface area contributed by atoms with E-state index in [1.165, 1.54) is 94.0 Å². The molecule has 1 heterocycles. The van der Waals surface area contributed by atoms with Crippen LogP contribution in [0.3, 0.4) is 0 Å². The number of aryl methyl sites for hydroxylation is 1. The van der Waals surface area contributed by atoms with Gasteiger partial charge in [-0.3, -0.25) is 0 Å². The number of nitrogens with zero attached hydrogens (tertiary/aromatic N) is 2. The van der Waals surface area contributed by atoms with E-state index in [2.05, 4.69) is 103 Å². The van der Waals surface area contributed by atoms with Crippen LogP contribution in [0.25, 0.3) is 0 Å². The largest absolute Gasteiger partial charge is 0.256 e. The molecule has 2 heteroatoms. The molecule has 3 aromatic rings. The maximum Gasteiger partial charge on any atom is 0.256 e. The summed E-state index contributed by atoms with van der Waals surface area (Å²) in [4.78, 5) is 0. The summed E-state index contributed by atoms with van der Waals surface area (Å²) >= 11 is 0. The van der Waals surface area contributed by atoms with Gasteiger partial charge >= 0.3 is 0 Å². The van der Waals surface area contributed by atoms with Crippen LogP contribution in [0.1, 0.15) is 108 Å². The zero-order chi connectivity index (χ0) is 25.5. The highest BCUT2D eigenvalue weighted by atomic mass is 15.2.